The fraction of sp³-hybridized carbons (Fsp3) is 0.333. The van der Waals surface area contributed by atoms with Gasteiger partial charge in [0.1, 0.15) is 0 Å². The lowest BCUT2D eigenvalue weighted by molar-refractivity contribution is -0.128. The van der Waals surface area contributed by atoms with Crippen molar-refractivity contribution in [2.75, 3.05) is 6.54 Å². The van der Waals surface area contributed by atoms with Crippen molar-refractivity contribution in [3.05, 3.63) is 71.3 Å². The third kappa shape index (κ3) is 4.92. The van der Waals surface area contributed by atoms with Crippen LogP contribution in [0.3, 0.4) is 0 Å². The molecular formula is C21H25N3O2. The monoisotopic (exact) mass is 351 g/mol. The molecule has 1 fully saturated rings. The van der Waals surface area contributed by atoms with Crippen LogP contribution in [0.5, 0.6) is 0 Å². The van der Waals surface area contributed by atoms with Gasteiger partial charge in [0.15, 0.2) is 0 Å². The summed E-state index contributed by atoms with van der Waals surface area (Å²) in [5.74, 6) is 0.0598. The molecule has 2 aromatic carbocycles. The van der Waals surface area contributed by atoms with E-state index in [0.29, 0.717) is 25.9 Å². The lowest BCUT2D eigenvalue weighted by atomic mass is 10.1. The maximum Gasteiger partial charge on any atom is 0.237 e. The van der Waals surface area contributed by atoms with Gasteiger partial charge < -0.3 is 16.0 Å². The standard InChI is InChI=1S/C21H25N3O2/c22-19(13-16-6-2-1-3-7-16)21(26)23-14-17-8-4-9-18(12-17)15-24-11-5-10-20(24)25/h1-4,6-9,12,19H,5,10-11,13-15,22H2,(H,23,26)/t19-/m0/s1. The fourth-order valence-electron chi connectivity index (χ4n) is 3.21. The van der Waals surface area contributed by atoms with E-state index in [1.54, 1.807) is 0 Å². The van der Waals surface area contributed by atoms with Crippen LogP contribution in [0.1, 0.15) is 29.5 Å². The molecule has 0 spiro atoms. The number of carbonyl (C=O) groups excluding carboxylic acids is 2. The summed E-state index contributed by atoms with van der Waals surface area (Å²) in [5.41, 5.74) is 9.15. The first-order valence-electron chi connectivity index (χ1n) is 9.04. The zero-order chi connectivity index (χ0) is 18.4. The number of hydrogen-bond donors (Lipinski definition) is 2. The molecule has 1 aliphatic rings. The number of likely N-dealkylation sites (tertiary alicyclic amines) is 1. The Morgan fingerprint density at radius 3 is 2.54 bits per heavy atom. The summed E-state index contributed by atoms with van der Waals surface area (Å²) >= 11 is 0. The predicted molar refractivity (Wildman–Crippen MR) is 101 cm³/mol. The molecular weight excluding hydrogens is 326 g/mol. The third-order valence-corrected chi connectivity index (χ3v) is 4.64. The zero-order valence-electron chi connectivity index (χ0n) is 14.9. The van der Waals surface area contributed by atoms with E-state index in [1.807, 2.05) is 59.5 Å². The van der Waals surface area contributed by atoms with E-state index in [2.05, 4.69) is 5.32 Å². The molecule has 0 radical (unpaired) electrons. The largest absolute Gasteiger partial charge is 0.351 e. The average Bonchev–Trinajstić information content (AvgIpc) is 3.05. The summed E-state index contributed by atoms with van der Waals surface area (Å²) in [7, 11) is 0. The van der Waals surface area contributed by atoms with Gasteiger partial charge in [-0.3, -0.25) is 9.59 Å². The lowest BCUT2D eigenvalue weighted by Crippen LogP contribution is -2.41. The van der Waals surface area contributed by atoms with Crippen LogP contribution in [0.4, 0.5) is 0 Å². The Labute approximate surface area is 154 Å². The first-order valence-corrected chi connectivity index (χ1v) is 9.04. The van der Waals surface area contributed by atoms with Gasteiger partial charge in [-0.25, -0.2) is 0 Å². The Balaban J connectivity index is 1.51. The van der Waals surface area contributed by atoms with E-state index in [0.717, 1.165) is 29.7 Å². The molecule has 0 unspecified atom stereocenters. The number of nitrogens with zero attached hydrogens (tertiary/aromatic N) is 1. The quantitative estimate of drug-likeness (QED) is 0.801. The average molecular weight is 351 g/mol. The molecule has 3 rings (SSSR count). The molecule has 1 saturated heterocycles. The summed E-state index contributed by atoms with van der Waals surface area (Å²) in [6, 6.07) is 17.2. The second-order valence-electron chi connectivity index (χ2n) is 6.75. The van der Waals surface area contributed by atoms with E-state index in [4.69, 9.17) is 5.73 Å². The van der Waals surface area contributed by atoms with Gasteiger partial charge in [-0.2, -0.15) is 0 Å². The van der Waals surface area contributed by atoms with Crippen LogP contribution in [0, 0.1) is 0 Å². The van der Waals surface area contributed by atoms with E-state index in [1.165, 1.54) is 0 Å². The van der Waals surface area contributed by atoms with Gasteiger partial charge >= 0.3 is 0 Å². The zero-order valence-corrected chi connectivity index (χ0v) is 14.9. The van der Waals surface area contributed by atoms with Crippen LogP contribution in [-0.4, -0.2) is 29.3 Å². The minimum Gasteiger partial charge on any atom is -0.351 e. The molecule has 5 heteroatoms. The highest BCUT2D eigenvalue weighted by Crippen LogP contribution is 2.15. The third-order valence-electron chi connectivity index (χ3n) is 4.64. The number of nitrogens with two attached hydrogens (primary N) is 1. The van der Waals surface area contributed by atoms with Gasteiger partial charge in [-0.15, -0.1) is 0 Å². The summed E-state index contributed by atoms with van der Waals surface area (Å²) in [4.78, 5) is 25.9. The van der Waals surface area contributed by atoms with E-state index in [-0.39, 0.29) is 11.8 Å². The SMILES string of the molecule is N[C@@H](Cc1ccccc1)C(=O)NCc1cccc(CN2CCCC2=O)c1. The Kier molecular flexibility index (Phi) is 6.02. The van der Waals surface area contributed by atoms with E-state index >= 15 is 0 Å². The first kappa shape index (κ1) is 18.1. The van der Waals surface area contributed by atoms with Crippen LogP contribution in [0.25, 0.3) is 0 Å². The molecule has 2 aromatic rings. The van der Waals surface area contributed by atoms with Crippen molar-refractivity contribution in [2.45, 2.75) is 38.4 Å². The molecule has 0 aromatic heterocycles. The maximum absolute atomic E-state index is 12.2. The minimum absolute atomic E-state index is 0.158. The number of benzene rings is 2. The Hall–Kier alpha value is -2.66. The summed E-state index contributed by atoms with van der Waals surface area (Å²) < 4.78 is 0. The van der Waals surface area contributed by atoms with Crippen LogP contribution >= 0.6 is 0 Å². The van der Waals surface area contributed by atoms with Gasteiger partial charge in [0, 0.05) is 26.1 Å². The molecule has 1 aliphatic heterocycles. The molecule has 1 atom stereocenters. The van der Waals surface area contributed by atoms with Crippen molar-refractivity contribution < 1.29 is 9.59 Å². The number of nitrogens with one attached hydrogen (secondary N) is 1. The second-order valence-corrected chi connectivity index (χ2v) is 6.75. The fourth-order valence-corrected chi connectivity index (χ4v) is 3.21. The van der Waals surface area contributed by atoms with Crippen LogP contribution in [0.15, 0.2) is 54.6 Å². The second kappa shape index (κ2) is 8.63. The van der Waals surface area contributed by atoms with Crippen molar-refractivity contribution >= 4 is 11.8 Å². The predicted octanol–water partition coefficient (Wildman–Crippen LogP) is 2.00. The van der Waals surface area contributed by atoms with Gasteiger partial charge in [0.05, 0.1) is 6.04 Å². The van der Waals surface area contributed by atoms with Crippen LogP contribution < -0.4 is 11.1 Å². The highest BCUT2D eigenvalue weighted by Gasteiger charge is 2.20. The normalized spacial score (nSPS) is 15.1. The summed E-state index contributed by atoms with van der Waals surface area (Å²) in [6.07, 6.45) is 2.10. The lowest BCUT2D eigenvalue weighted by Gasteiger charge is -2.16. The van der Waals surface area contributed by atoms with Crippen molar-refractivity contribution in [3.8, 4) is 0 Å². The molecule has 26 heavy (non-hydrogen) atoms. The number of carbonyl (C=O) groups is 2. The van der Waals surface area contributed by atoms with E-state index < -0.39 is 6.04 Å². The van der Waals surface area contributed by atoms with Crippen molar-refractivity contribution in [1.29, 1.82) is 0 Å². The first-order chi connectivity index (χ1) is 12.6. The maximum atomic E-state index is 12.2. The van der Waals surface area contributed by atoms with Crippen LogP contribution in [-0.2, 0) is 29.1 Å². The smallest absolute Gasteiger partial charge is 0.237 e. The van der Waals surface area contributed by atoms with Gasteiger partial charge in [0.2, 0.25) is 11.8 Å². The molecule has 0 bridgehead atoms. The molecule has 3 N–H and O–H groups in total. The number of amides is 2. The van der Waals surface area contributed by atoms with Crippen molar-refractivity contribution in [2.24, 2.45) is 5.73 Å². The molecule has 0 saturated carbocycles. The highest BCUT2D eigenvalue weighted by molar-refractivity contribution is 5.81. The molecule has 1 heterocycles. The minimum atomic E-state index is -0.567. The van der Waals surface area contributed by atoms with E-state index in [9.17, 15) is 9.59 Å². The van der Waals surface area contributed by atoms with Gasteiger partial charge in [-0.05, 0) is 29.5 Å². The van der Waals surface area contributed by atoms with Gasteiger partial charge in [-0.1, -0.05) is 54.6 Å². The van der Waals surface area contributed by atoms with Crippen LogP contribution in [0.2, 0.25) is 0 Å². The Bertz CT molecular complexity index is 761. The molecule has 5 nitrogen and oxygen atoms in total. The summed E-state index contributed by atoms with van der Waals surface area (Å²) in [5, 5.41) is 2.90. The number of rotatable bonds is 7. The Morgan fingerprint density at radius 2 is 1.81 bits per heavy atom. The molecule has 0 aliphatic carbocycles. The summed E-state index contributed by atoms with van der Waals surface area (Å²) in [6.45, 7) is 1.89. The molecule has 2 amide bonds. The van der Waals surface area contributed by atoms with Gasteiger partial charge in [0.25, 0.3) is 0 Å². The van der Waals surface area contributed by atoms with Crippen molar-refractivity contribution in [3.63, 3.8) is 0 Å². The molecule has 136 valence electrons. The van der Waals surface area contributed by atoms with Crippen molar-refractivity contribution in [1.82, 2.24) is 10.2 Å². The topological polar surface area (TPSA) is 75.4 Å². The highest BCUT2D eigenvalue weighted by atomic mass is 16.2. The number of hydrogen-bond acceptors (Lipinski definition) is 3. The Morgan fingerprint density at radius 1 is 1.08 bits per heavy atom.